The largest absolute Gasteiger partial charge is 0.496 e. The maximum Gasteiger partial charge on any atom is 0.482 e. The quantitative estimate of drug-likeness (QED) is 0.273. The fraction of sp³-hybridized carbons (Fsp3) is 0.730. The van der Waals surface area contributed by atoms with Crippen molar-refractivity contribution >= 4 is 31.0 Å². The Morgan fingerprint density at radius 3 is 2.25 bits per heavy atom. The van der Waals surface area contributed by atoms with Crippen LogP contribution in [0.25, 0.3) is 0 Å². The van der Waals surface area contributed by atoms with Gasteiger partial charge in [0, 0.05) is 26.2 Å². The molecule has 14 heteroatoms. The van der Waals surface area contributed by atoms with Crippen LogP contribution in [0.2, 0.25) is 0 Å². The third kappa shape index (κ3) is 8.82. The molecule has 0 spiro atoms. The summed E-state index contributed by atoms with van der Waals surface area (Å²) in [5.41, 5.74) is -0.637. The molecule has 13 nitrogen and oxygen atoms in total. The predicted octanol–water partition coefficient (Wildman–Crippen LogP) is 3.61. The minimum Gasteiger partial charge on any atom is -0.496 e. The third-order valence-electron chi connectivity index (χ3n) is 10.9. The van der Waals surface area contributed by atoms with Crippen molar-refractivity contribution in [2.75, 3.05) is 46.4 Å². The van der Waals surface area contributed by atoms with E-state index in [9.17, 15) is 19.2 Å². The van der Waals surface area contributed by atoms with Crippen LogP contribution in [0.3, 0.4) is 0 Å². The second-order valence-electron chi connectivity index (χ2n) is 17.2. The molecule has 3 saturated carbocycles. The molecule has 3 aliphatic carbocycles. The molecule has 6 rings (SSSR count). The number of methoxy groups -OCH3 is 1. The molecule has 282 valence electrons. The van der Waals surface area contributed by atoms with Crippen molar-refractivity contribution in [3.05, 3.63) is 29.3 Å². The van der Waals surface area contributed by atoms with Gasteiger partial charge >= 0.3 is 19.2 Å². The van der Waals surface area contributed by atoms with Gasteiger partial charge in [-0.15, -0.1) is 0 Å². The van der Waals surface area contributed by atoms with E-state index < -0.39 is 41.9 Å². The lowest BCUT2D eigenvalue weighted by Gasteiger charge is -2.64. The van der Waals surface area contributed by atoms with Crippen LogP contribution in [-0.2, 0) is 34.8 Å². The lowest BCUT2D eigenvalue weighted by Crippen LogP contribution is -2.65. The highest BCUT2D eigenvalue weighted by atomic mass is 16.7. The molecule has 2 bridgehead atoms. The van der Waals surface area contributed by atoms with Gasteiger partial charge in [0.15, 0.2) is 0 Å². The molecule has 5 aliphatic rings. The minimum atomic E-state index is -0.707. The van der Waals surface area contributed by atoms with Crippen molar-refractivity contribution in [3.63, 3.8) is 0 Å². The highest BCUT2D eigenvalue weighted by Gasteiger charge is 2.68. The number of carbonyl (C=O) groups is 4. The molecule has 0 aromatic heterocycles. The first-order chi connectivity index (χ1) is 23.7. The van der Waals surface area contributed by atoms with Gasteiger partial charge in [-0.05, 0) is 96.6 Å². The molecule has 5 fully saturated rings. The maximum atomic E-state index is 13.7. The number of hydrogen-bond donors (Lipinski definition) is 2. The zero-order chi connectivity index (χ0) is 37.5. The molecular formula is C37H57BN4O9. The van der Waals surface area contributed by atoms with E-state index in [0.717, 1.165) is 18.4 Å². The number of piperazine rings is 1. The van der Waals surface area contributed by atoms with E-state index in [1.807, 2.05) is 31.7 Å². The summed E-state index contributed by atoms with van der Waals surface area (Å²) in [7, 11) is 0.812. The molecule has 1 aromatic rings. The van der Waals surface area contributed by atoms with E-state index in [1.54, 1.807) is 37.8 Å². The van der Waals surface area contributed by atoms with Crippen molar-refractivity contribution in [1.29, 1.82) is 0 Å². The van der Waals surface area contributed by atoms with E-state index >= 15 is 0 Å². The topological polar surface area (TPSA) is 145 Å². The van der Waals surface area contributed by atoms with Gasteiger partial charge in [-0.1, -0.05) is 26.0 Å². The van der Waals surface area contributed by atoms with Gasteiger partial charge in [-0.3, -0.25) is 14.5 Å². The monoisotopic (exact) mass is 712 g/mol. The molecule has 0 radical (unpaired) electrons. The summed E-state index contributed by atoms with van der Waals surface area (Å²) < 4.78 is 30.1. The molecule has 5 atom stereocenters. The van der Waals surface area contributed by atoms with Gasteiger partial charge in [0.05, 0.1) is 31.3 Å². The summed E-state index contributed by atoms with van der Waals surface area (Å²) in [6, 6.07) is 5.34. The van der Waals surface area contributed by atoms with Gasteiger partial charge in [0.1, 0.15) is 29.1 Å². The molecule has 2 saturated heterocycles. The zero-order valence-electron chi connectivity index (χ0n) is 32.1. The Labute approximate surface area is 302 Å². The van der Waals surface area contributed by atoms with E-state index in [1.165, 1.54) is 7.11 Å². The van der Waals surface area contributed by atoms with Gasteiger partial charge in [0.25, 0.3) is 0 Å². The molecule has 2 heterocycles. The SMILES string of the molecule is COc1c(CC(NC(=O)CN2CCN(C(=O)CNC(=O)OC(C)(C)C)CC2)B2OC3CC4CC(C4(C)C)C3(C)O2)cccc1C(=O)OC(C)(C)C. The Morgan fingerprint density at radius 1 is 0.980 bits per heavy atom. The van der Waals surface area contributed by atoms with Crippen molar-refractivity contribution < 1.29 is 42.7 Å². The standard InChI is InChI=1S/C37H57BN4O9/c1-34(2,3)48-32(45)25-13-11-12-23(31(25)47-10)18-28(38-50-27-20-24-19-26(36(24,7)8)37(27,9)51-38)40-29(43)22-41-14-16-42(17-15-41)30(44)21-39-33(46)49-35(4,5)6/h11-13,24,26-28H,14-22H2,1-10H3,(H,39,46)(H,40,43). The van der Waals surface area contributed by atoms with E-state index in [-0.39, 0.29) is 36.4 Å². The van der Waals surface area contributed by atoms with Crippen LogP contribution in [0.1, 0.15) is 91.1 Å². The first kappa shape index (κ1) is 38.9. The number of nitrogens with one attached hydrogen (secondary N) is 2. The second-order valence-corrected chi connectivity index (χ2v) is 17.2. The van der Waals surface area contributed by atoms with Crippen molar-refractivity contribution in [3.8, 4) is 5.75 Å². The summed E-state index contributed by atoms with van der Waals surface area (Å²) in [6.07, 6.45) is 1.58. The number of benzene rings is 1. The highest BCUT2D eigenvalue weighted by Crippen LogP contribution is 2.65. The zero-order valence-corrected chi connectivity index (χ0v) is 32.1. The smallest absolute Gasteiger partial charge is 0.482 e. The molecule has 3 amide bonds. The molecule has 2 N–H and O–H groups in total. The van der Waals surface area contributed by atoms with Crippen LogP contribution in [0.5, 0.6) is 5.75 Å². The van der Waals surface area contributed by atoms with E-state index in [4.69, 9.17) is 23.5 Å². The average Bonchev–Trinajstić information content (AvgIpc) is 3.39. The lowest BCUT2D eigenvalue weighted by molar-refractivity contribution is -0.199. The van der Waals surface area contributed by atoms with Crippen LogP contribution < -0.4 is 15.4 Å². The van der Waals surface area contributed by atoms with Crippen LogP contribution in [-0.4, -0.2) is 116 Å². The predicted molar refractivity (Wildman–Crippen MR) is 191 cm³/mol. The van der Waals surface area contributed by atoms with Crippen molar-refractivity contribution in [1.82, 2.24) is 20.4 Å². The summed E-state index contributed by atoms with van der Waals surface area (Å²) >= 11 is 0. The Balaban J connectivity index is 1.26. The molecular weight excluding hydrogens is 655 g/mol. The van der Waals surface area contributed by atoms with Crippen molar-refractivity contribution in [2.45, 2.75) is 110 Å². The number of hydrogen-bond acceptors (Lipinski definition) is 10. The molecule has 1 aromatic carbocycles. The number of para-hydroxylation sites is 1. The van der Waals surface area contributed by atoms with Crippen LogP contribution in [0, 0.1) is 17.3 Å². The van der Waals surface area contributed by atoms with E-state index in [0.29, 0.717) is 55.7 Å². The number of esters is 1. The van der Waals surface area contributed by atoms with Crippen molar-refractivity contribution in [2.24, 2.45) is 17.3 Å². The minimum absolute atomic E-state index is 0.0795. The number of amides is 3. The Morgan fingerprint density at radius 2 is 1.65 bits per heavy atom. The number of ether oxygens (including phenoxy) is 3. The average molecular weight is 713 g/mol. The van der Waals surface area contributed by atoms with Crippen LogP contribution in [0.4, 0.5) is 4.79 Å². The van der Waals surface area contributed by atoms with E-state index in [2.05, 4.69) is 31.4 Å². The van der Waals surface area contributed by atoms with Gasteiger partial charge < -0.3 is 39.1 Å². The number of carbonyl (C=O) groups excluding carboxylic acids is 4. The lowest BCUT2D eigenvalue weighted by atomic mass is 9.43. The summed E-state index contributed by atoms with van der Waals surface area (Å²) in [5.74, 6) is -0.181. The third-order valence-corrected chi connectivity index (χ3v) is 10.9. The van der Waals surface area contributed by atoms with Crippen LogP contribution in [0.15, 0.2) is 18.2 Å². The normalized spacial score (nSPS) is 26.4. The maximum absolute atomic E-state index is 13.7. The van der Waals surface area contributed by atoms with Crippen LogP contribution >= 0.6 is 0 Å². The highest BCUT2D eigenvalue weighted by molar-refractivity contribution is 6.48. The molecule has 2 aliphatic heterocycles. The number of alkyl carbamates (subject to hydrolysis) is 1. The number of nitrogens with zero attached hydrogens (tertiary/aromatic N) is 2. The molecule has 5 unspecified atom stereocenters. The Bertz CT molecular complexity index is 1480. The summed E-state index contributed by atoms with van der Waals surface area (Å²) in [5, 5.41) is 5.73. The molecule has 51 heavy (non-hydrogen) atoms. The fourth-order valence-electron chi connectivity index (χ4n) is 8.19. The van der Waals surface area contributed by atoms with Gasteiger partial charge in [0.2, 0.25) is 11.8 Å². The fourth-order valence-corrected chi connectivity index (χ4v) is 8.19. The summed E-state index contributed by atoms with van der Waals surface area (Å²) in [6.45, 7) is 19.3. The second kappa shape index (κ2) is 14.6. The Hall–Kier alpha value is -3.36. The van der Waals surface area contributed by atoms with Gasteiger partial charge in [-0.2, -0.15) is 0 Å². The Kier molecular flexibility index (Phi) is 11.1. The summed E-state index contributed by atoms with van der Waals surface area (Å²) in [4.78, 5) is 55.3. The van der Waals surface area contributed by atoms with Gasteiger partial charge in [-0.25, -0.2) is 9.59 Å². The first-order valence-corrected chi connectivity index (χ1v) is 18.2. The number of rotatable bonds is 10. The first-order valence-electron chi connectivity index (χ1n) is 18.2.